The number of rotatable bonds is 2. The monoisotopic (exact) mass is 300 g/mol. The second-order valence-corrected chi connectivity index (χ2v) is 5.10. The van der Waals surface area contributed by atoms with Crippen molar-refractivity contribution in [3.05, 3.63) is 76.8 Å². The molecule has 0 aromatic heterocycles. The van der Waals surface area contributed by atoms with Crippen LogP contribution in [0.1, 0.15) is 17.2 Å². The van der Waals surface area contributed by atoms with Crippen LogP contribution in [0, 0.1) is 0 Å². The van der Waals surface area contributed by atoms with Gasteiger partial charge in [0.25, 0.3) is 0 Å². The van der Waals surface area contributed by atoms with Crippen molar-refractivity contribution >= 4 is 23.3 Å². The molecule has 2 aromatic rings. The number of cyclic esters (lactones) is 1. The van der Waals surface area contributed by atoms with Gasteiger partial charge in [-0.1, -0.05) is 41.9 Å². The molecule has 1 unspecified atom stereocenters. The summed E-state index contributed by atoms with van der Waals surface area (Å²) in [5, 5.41) is 0.637. The normalized spacial score (nSPS) is 18.2. The molecule has 4 heteroatoms. The van der Waals surface area contributed by atoms with Gasteiger partial charge in [-0.15, -0.1) is 0 Å². The van der Waals surface area contributed by atoms with E-state index in [4.69, 9.17) is 21.1 Å². The topological polar surface area (TPSA) is 35.5 Å². The highest BCUT2D eigenvalue weighted by Gasteiger charge is 2.22. The maximum Gasteiger partial charge on any atom is 0.335 e. The fourth-order valence-electron chi connectivity index (χ4n) is 2.14. The molecule has 0 saturated carbocycles. The molecule has 0 saturated heterocycles. The van der Waals surface area contributed by atoms with Crippen molar-refractivity contribution < 1.29 is 14.3 Å². The molecule has 106 valence electrons. The van der Waals surface area contributed by atoms with Crippen molar-refractivity contribution in [1.29, 1.82) is 0 Å². The van der Waals surface area contributed by atoms with Crippen molar-refractivity contribution in [1.82, 2.24) is 0 Å². The van der Waals surface area contributed by atoms with E-state index in [0.29, 0.717) is 10.8 Å². The fourth-order valence-corrected chi connectivity index (χ4v) is 2.26. The molecular weight excluding hydrogens is 288 g/mol. The number of carbonyl (C=O) groups excluding carboxylic acids is 1. The second-order valence-electron chi connectivity index (χ2n) is 4.66. The Morgan fingerprint density at radius 3 is 2.43 bits per heavy atom. The van der Waals surface area contributed by atoms with Crippen LogP contribution in [-0.2, 0) is 14.3 Å². The Labute approximate surface area is 127 Å². The first kappa shape index (κ1) is 13.7. The van der Waals surface area contributed by atoms with E-state index < -0.39 is 12.1 Å². The number of benzene rings is 2. The molecule has 0 fully saturated rings. The Kier molecular flexibility index (Phi) is 3.93. The Morgan fingerprint density at radius 2 is 1.71 bits per heavy atom. The number of carbonyl (C=O) groups is 1. The molecule has 3 rings (SSSR count). The lowest BCUT2D eigenvalue weighted by Gasteiger charge is -2.15. The molecule has 1 heterocycles. The van der Waals surface area contributed by atoms with Gasteiger partial charge in [0.15, 0.2) is 6.10 Å². The van der Waals surface area contributed by atoms with E-state index in [1.807, 2.05) is 42.5 Å². The van der Waals surface area contributed by atoms with Gasteiger partial charge in [-0.2, -0.15) is 0 Å². The molecule has 0 amide bonds. The van der Waals surface area contributed by atoms with Gasteiger partial charge in [-0.05, 0) is 29.8 Å². The molecule has 1 aliphatic rings. The van der Waals surface area contributed by atoms with Crippen LogP contribution in [-0.4, -0.2) is 12.6 Å². The zero-order valence-corrected chi connectivity index (χ0v) is 11.9. The minimum absolute atomic E-state index is 0.282. The number of ether oxygens (including phenoxy) is 2. The highest BCUT2D eigenvalue weighted by Crippen LogP contribution is 2.26. The summed E-state index contributed by atoms with van der Waals surface area (Å²) in [6, 6.07) is 16.7. The number of esters is 1. The van der Waals surface area contributed by atoms with Gasteiger partial charge in [0.1, 0.15) is 12.4 Å². The number of hydrogen-bond donors (Lipinski definition) is 0. The lowest BCUT2D eigenvalue weighted by Crippen LogP contribution is -2.11. The molecule has 0 bridgehead atoms. The van der Waals surface area contributed by atoms with E-state index in [-0.39, 0.29) is 6.61 Å². The standard InChI is InChI=1S/C17H13ClO3/c18-14-8-6-13(7-9-14)15-10-17(19)21-16(11-20-15)12-4-2-1-3-5-12/h1-10,16H,11H2. The molecule has 0 radical (unpaired) electrons. The largest absolute Gasteiger partial charge is 0.488 e. The summed E-state index contributed by atoms with van der Waals surface area (Å²) in [5.74, 6) is 0.0846. The van der Waals surface area contributed by atoms with Crippen molar-refractivity contribution in [3.8, 4) is 0 Å². The minimum Gasteiger partial charge on any atom is -0.488 e. The van der Waals surface area contributed by atoms with Gasteiger partial charge < -0.3 is 9.47 Å². The first-order chi connectivity index (χ1) is 10.2. The summed E-state index contributed by atoms with van der Waals surface area (Å²) in [4.78, 5) is 11.9. The fraction of sp³-hybridized carbons (Fsp3) is 0.118. The third-order valence-electron chi connectivity index (χ3n) is 3.20. The van der Waals surface area contributed by atoms with E-state index in [9.17, 15) is 4.79 Å². The zero-order valence-electron chi connectivity index (χ0n) is 11.2. The number of halogens is 1. The van der Waals surface area contributed by atoms with E-state index >= 15 is 0 Å². The van der Waals surface area contributed by atoms with Gasteiger partial charge in [-0.25, -0.2) is 4.79 Å². The van der Waals surface area contributed by atoms with Crippen molar-refractivity contribution in [2.75, 3.05) is 6.61 Å². The molecular formula is C17H13ClO3. The van der Waals surface area contributed by atoms with Gasteiger partial charge in [-0.3, -0.25) is 0 Å². The maximum atomic E-state index is 11.9. The van der Waals surface area contributed by atoms with Crippen LogP contribution in [0.15, 0.2) is 60.7 Å². The molecule has 0 aliphatic carbocycles. The summed E-state index contributed by atoms with van der Waals surface area (Å²) in [7, 11) is 0. The quantitative estimate of drug-likeness (QED) is 0.787. The molecule has 21 heavy (non-hydrogen) atoms. The van der Waals surface area contributed by atoms with E-state index in [0.717, 1.165) is 11.1 Å². The molecule has 2 aromatic carbocycles. The van der Waals surface area contributed by atoms with Crippen LogP contribution in [0.3, 0.4) is 0 Å². The summed E-state index contributed by atoms with van der Waals surface area (Å²) in [6.07, 6.45) is 0.964. The van der Waals surface area contributed by atoms with Gasteiger partial charge in [0.05, 0.1) is 6.08 Å². The van der Waals surface area contributed by atoms with Crippen LogP contribution in [0.5, 0.6) is 0 Å². The van der Waals surface area contributed by atoms with Crippen LogP contribution < -0.4 is 0 Å². The Balaban J connectivity index is 1.81. The first-order valence-corrected chi connectivity index (χ1v) is 6.96. The predicted octanol–water partition coefficient (Wildman–Crippen LogP) is 4.00. The van der Waals surface area contributed by atoms with Crippen LogP contribution >= 0.6 is 11.6 Å². The molecule has 1 aliphatic heterocycles. The van der Waals surface area contributed by atoms with Crippen LogP contribution in [0.4, 0.5) is 0 Å². The molecule has 0 spiro atoms. The van der Waals surface area contributed by atoms with E-state index in [2.05, 4.69) is 0 Å². The van der Waals surface area contributed by atoms with E-state index in [1.165, 1.54) is 6.08 Å². The van der Waals surface area contributed by atoms with Crippen molar-refractivity contribution in [2.45, 2.75) is 6.10 Å². The SMILES string of the molecule is O=C1C=C(c2ccc(Cl)cc2)OCC(c2ccccc2)O1. The molecule has 1 atom stereocenters. The average Bonchev–Trinajstić information content (AvgIpc) is 2.71. The molecule has 0 N–H and O–H groups in total. The smallest absolute Gasteiger partial charge is 0.335 e. The van der Waals surface area contributed by atoms with Crippen molar-refractivity contribution in [2.24, 2.45) is 0 Å². The molecule has 3 nitrogen and oxygen atoms in total. The summed E-state index contributed by atoms with van der Waals surface area (Å²) >= 11 is 5.86. The van der Waals surface area contributed by atoms with Crippen LogP contribution in [0.2, 0.25) is 5.02 Å². The average molecular weight is 301 g/mol. The Morgan fingerprint density at radius 1 is 1.00 bits per heavy atom. The number of hydrogen-bond acceptors (Lipinski definition) is 3. The summed E-state index contributed by atoms with van der Waals surface area (Å²) in [6.45, 7) is 0.282. The Bertz CT molecular complexity index is 662. The second kappa shape index (κ2) is 6.02. The first-order valence-electron chi connectivity index (χ1n) is 6.58. The zero-order chi connectivity index (χ0) is 14.7. The third kappa shape index (κ3) is 3.26. The third-order valence-corrected chi connectivity index (χ3v) is 3.45. The minimum atomic E-state index is -0.411. The van der Waals surface area contributed by atoms with E-state index in [1.54, 1.807) is 12.1 Å². The maximum absolute atomic E-state index is 11.9. The Hall–Kier alpha value is -2.26. The summed E-state index contributed by atoms with van der Waals surface area (Å²) < 4.78 is 11.1. The van der Waals surface area contributed by atoms with Gasteiger partial charge in [0.2, 0.25) is 0 Å². The highest BCUT2D eigenvalue weighted by molar-refractivity contribution is 6.30. The predicted molar refractivity (Wildman–Crippen MR) is 80.7 cm³/mol. The van der Waals surface area contributed by atoms with Crippen molar-refractivity contribution in [3.63, 3.8) is 0 Å². The van der Waals surface area contributed by atoms with Crippen LogP contribution in [0.25, 0.3) is 5.76 Å². The lowest BCUT2D eigenvalue weighted by atomic mass is 10.1. The lowest BCUT2D eigenvalue weighted by molar-refractivity contribution is -0.144. The van der Waals surface area contributed by atoms with Gasteiger partial charge >= 0.3 is 5.97 Å². The van der Waals surface area contributed by atoms with Gasteiger partial charge in [0, 0.05) is 10.6 Å². The summed E-state index contributed by atoms with van der Waals surface area (Å²) in [5.41, 5.74) is 1.71. The highest BCUT2D eigenvalue weighted by atomic mass is 35.5.